The summed E-state index contributed by atoms with van der Waals surface area (Å²) in [5, 5.41) is 0.578. The second kappa shape index (κ2) is 2.81. The van der Waals surface area contributed by atoms with Crippen molar-refractivity contribution in [3.8, 4) is 0 Å². The lowest BCUT2D eigenvalue weighted by Crippen LogP contribution is -2.04. The molecule has 1 N–H and O–H groups in total. The lowest BCUT2D eigenvalue weighted by atomic mass is 10.3. The maximum absolute atomic E-state index is 13.1. The highest BCUT2D eigenvalue weighted by atomic mass is 35.5. The fourth-order valence-electron chi connectivity index (χ4n) is 1.08. The Labute approximate surface area is 77.2 Å². The summed E-state index contributed by atoms with van der Waals surface area (Å²) >= 11 is 5.68. The van der Waals surface area contributed by atoms with Gasteiger partial charge in [0.2, 0.25) is 5.56 Å². The minimum atomic E-state index is -0.586. The average Bonchev–Trinajstić information content (AvgIpc) is 2.12. The fraction of sp³-hybridized carbons (Fsp3) is 0. The predicted octanol–water partition coefficient (Wildman–Crippen LogP) is 1.72. The van der Waals surface area contributed by atoms with Gasteiger partial charge in [-0.05, 0) is 6.07 Å². The van der Waals surface area contributed by atoms with E-state index in [1.807, 2.05) is 0 Å². The molecule has 2 rings (SSSR count). The van der Waals surface area contributed by atoms with E-state index in [0.29, 0.717) is 5.39 Å². The molecule has 2 heterocycles. The number of nitrogens with one attached hydrogen (secondary N) is 1. The van der Waals surface area contributed by atoms with Crippen LogP contribution in [0.3, 0.4) is 0 Å². The molecule has 2 aromatic heterocycles. The number of nitrogens with zero attached hydrogens (tertiary/aromatic N) is 1. The molecular weight excluding hydrogens is 195 g/mol. The van der Waals surface area contributed by atoms with Gasteiger partial charge >= 0.3 is 0 Å². The molecule has 2 aromatic rings. The molecule has 0 aliphatic rings. The van der Waals surface area contributed by atoms with E-state index >= 15 is 0 Å². The van der Waals surface area contributed by atoms with Crippen LogP contribution in [0.4, 0.5) is 4.39 Å². The lowest BCUT2D eigenvalue weighted by Gasteiger charge is -1.98. The summed E-state index contributed by atoms with van der Waals surface area (Å²) in [5.74, 6) is -0.586. The molecule has 66 valence electrons. The van der Waals surface area contributed by atoms with Gasteiger partial charge in [-0.3, -0.25) is 4.79 Å². The van der Waals surface area contributed by atoms with E-state index in [2.05, 4.69) is 9.97 Å². The van der Waals surface area contributed by atoms with Gasteiger partial charge in [0.25, 0.3) is 0 Å². The van der Waals surface area contributed by atoms with Gasteiger partial charge in [-0.15, -0.1) is 0 Å². The molecule has 0 unspecified atom stereocenters. The molecule has 0 aliphatic heterocycles. The van der Waals surface area contributed by atoms with Gasteiger partial charge in [0.15, 0.2) is 5.82 Å². The van der Waals surface area contributed by atoms with Gasteiger partial charge in [-0.25, -0.2) is 9.37 Å². The third kappa shape index (κ3) is 1.29. The molecule has 3 nitrogen and oxygen atoms in total. The van der Waals surface area contributed by atoms with Crippen LogP contribution in [0.2, 0.25) is 5.15 Å². The molecule has 0 amide bonds. The van der Waals surface area contributed by atoms with Crippen molar-refractivity contribution < 1.29 is 4.39 Å². The molecule has 13 heavy (non-hydrogen) atoms. The Morgan fingerprint density at radius 2 is 2.23 bits per heavy atom. The first kappa shape index (κ1) is 8.19. The number of aromatic nitrogens is 2. The average molecular weight is 199 g/mol. The van der Waals surface area contributed by atoms with Crippen molar-refractivity contribution in [2.75, 3.05) is 0 Å². The van der Waals surface area contributed by atoms with Crippen LogP contribution in [0.25, 0.3) is 10.9 Å². The van der Waals surface area contributed by atoms with E-state index < -0.39 is 5.82 Å². The highest BCUT2D eigenvalue weighted by Gasteiger charge is 2.05. The number of aromatic amines is 1. The maximum atomic E-state index is 13.1. The van der Waals surface area contributed by atoms with Crippen LogP contribution in [0.1, 0.15) is 0 Å². The molecule has 0 atom stereocenters. The van der Waals surface area contributed by atoms with Gasteiger partial charge in [0.05, 0.1) is 11.7 Å². The maximum Gasteiger partial charge on any atom is 0.248 e. The zero-order chi connectivity index (χ0) is 9.42. The molecule has 0 saturated carbocycles. The highest BCUT2D eigenvalue weighted by Crippen LogP contribution is 2.19. The lowest BCUT2D eigenvalue weighted by molar-refractivity contribution is 0.630. The molecule has 0 aromatic carbocycles. The van der Waals surface area contributed by atoms with Crippen LogP contribution in [0, 0.1) is 5.82 Å². The van der Waals surface area contributed by atoms with Crippen molar-refractivity contribution in [1.82, 2.24) is 9.97 Å². The Morgan fingerprint density at radius 1 is 1.46 bits per heavy atom. The number of H-pyrrole nitrogens is 1. The van der Waals surface area contributed by atoms with Crippen LogP contribution in [0.5, 0.6) is 0 Å². The first-order valence-electron chi connectivity index (χ1n) is 3.51. The minimum absolute atomic E-state index is 0.0903. The van der Waals surface area contributed by atoms with Crippen LogP contribution < -0.4 is 5.56 Å². The molecular formula is C8H4ClFN2O. The van der Waals surface area contributed by atoms with Gasteiger partial charge in [0, 0.05) is 11.5 Å². The van der Waals surface area contributed by atoms with Gasteiger partial charge < -0.3 is 4.98 Å². The Morgan fingerprint density at radius 3 is 3.00 bits per heavy atom. The van der Waals surface area contributed by atoms with Crippen molar-refractivity contribution >= 4 is 22.5 Å². The molecule has 0 aliphatic carbocycles. The standard InChI is InChI=1S/C8H4ClFN2O/c9-8-4-1-2-6(13)12-7(4)5(10)3-11-8/h1-3H,(H,12,13). The monoisotopic (exact) mass is 198 g/mol. The molecule has 0 fully saturated rings. The Hall–Kier alpha value is -1.42. The van der Waals surface area contributed by atoms with Crippen molar-refractivity contribution in [1.29, 1.82) is 0 Å². The predicted molar refractivity (Wildman–Crippen MR) is 47.3 cm³/mol. The quantitative estimate of drug-likeness (QED) is 0.655. The topological polar surface area (TPSA) is 45.8 Å². The van der Waals surface area contributed by atoms with E-state index in [4.69, 9.17) is 11.6 Å². The first-order valence-corrected chi connectivity index (χ1v) is 3.89. The SMILES string of the molecule is O=c1ccc2c(Cl)ncc(F)c2[nH]1. The molecule has 0 bridgehead atoms. The summed E-state index contributed by atoms with van der Waals surface area (Å²) in [6, 6.07) is 2.71. The zero-order valence-corrected chi connectivity index (χ0v) is 7.10. The largest absolute Gasteiger partial charge is 0.319 e. The smallest absolute Gasteiger partial charge is 0.248 e. The molecule has 0 radical (unpaired) electrons. The second-order valence-electron chi connectivity index (χ2n) is 2.51. The van der Waals surface area contributed by atoms with Crippen LogP contribution in [0.15, 0.2) is 23.1 Å². The number of hydrogen-bond acceptors (Lipinski definition) is 2. The number of rotatable bonds is 0. The van der Waals surface area contributed by atoms with Crippen LogP contribution in [-0.2, 0) is 0 Å². The highest BCUT2D eigenvalue weighted by molar-refractivity contribution is 6.34. The first-order chi connectivity index (χ1) is 6.18. The number of hydrogen-bond donors (Lipinski definition) is 1. The molecule has 0 spiro atoms. The molecule has 0 saturated heterocycles. The minimum Gasteiger partial charge on any atom is -0.319 e. The molecule has 5 heteroatoms. The third-order valence-electron chi connectivity index (χ3n) is 1.67. The summed E-state index contributed by atoms with van der Waals surface area (Å²) in [6.45, 7) is 0. The third-order valence-corrected chi connectivity index (χ3v) is 1.97. The Balaban J connectivity index is 3.00. The Bertz CT molecular complexity index is 523. The van der Waals surface area contributed by atoms with Gasteiger partial charge in [-0.1, -0.05) is 11.6 Å². The van der Waals surface area contributed by atoms with E-state index in [-0.39, 0.29) is 16.2 Å². The van der Waals surface area contributed by atoms with E-state index in [9.17, 15) is 9.18 Å². The second-order valence-corrected chi connectivity index (χ2v) is 2.87. The van der Waals surface area contributed by atoms with Gasteiger partial charge in [-0.2, -0.15) is 0 Å². The number of halogens is 2. The van der Waals surface area contributed by atoms with Crippen molar-refractivity contribution in [2.24, 2.45) is 0 Å². The number of fused-ring (bicyclic) bond motifs is 1. The van der Waals surface area contributed by atoms with Crippen molar-refractivity contribution in [3.63, 3.8) is 0 Å². The summed E-state index contributed by atoms with van der Waals surface area (Å²) < 4.78 is 13.1. The van der Waals surface area contributed by atoms with Crippen LogP contribution >= 0.6 is 11.6 Å². The van der Waals surface area contributed by atoms with Crippen molar-refractivity contribution in [3.05, 3.63) is 39.7 Å². The van der Waals surface area contributed by atoms with E-state index in [1.165, 1.54) is 12.1 Å². The summed E-state index contributed by atoms with van der Waals surface area (Å²) in [5.41, 5.74) is -0.277. The van der Waals surface area contributed by atoms with E-state index in [1.54, 1.807) is 0 Å². The normalized spacial score (nSPS) is 10.6. The summed E-state index contributed by atoms with van der Waals surface area (Å²) in [4.78, 5) is 16.8. The van der Waals surface area contributed by atoms with Crippen molar-refractivity contribution in [2.45, 2.75) is 0 Å². The van der Waals surface area contributed by atoms with Gasteiger partial charge in [0.1, 0.15) is 5.15 Å². The summed E-state index contributed by atoms with van der Waals surface area (Å²) in [6.07, 6.45) is 0.973. The fourth-order valence-corrected chi connectivity index (χ4v) is 1.29. The summed E-state index contributed by atoms with van der Waals surface area (Å²) in [7, 11) is 0. The Kier molecular flexibility index (Phi) is 1.77. The van der Waals surface area contributed by atoms with Crippen LogP contribution in [-0.4, -0.2) is 9.97 Å². The number of pyridine rings is 2. The zero-order valence-electron chi connectivity index (χ0n) is 6.34. The van der Waals surface area contributed by atoms with E-state index in [0.717, 1.165) is 6.20 Å².